The lowest BCUT2D eigenvalue weighted by molar-refractivity contribution is -0.133. The first-order chi connectivity index (χ1) is 7.31. The smallest absolute Gasteiger partial charge is 0.226 e. The minimum Gasteiger partial charge on any atom is -0.340 e. The second-order valence-corrected chi connectivity index (χ2v) is 4.86. The number of carbonyl (C=O) groups excluding carboxylic acids is 2. The Labute approximate surface area is 89.2 Å². The number of amides is 2. The van der Waals surface area contributed by atoms with Crippen LogP contribution in [0.15, 0.2) is 0 Å². The van der Waals surface area contributed by atoms with Gasteiger partial charge >= 0.3 is 0 Å². The second kappa shape index (κ2) is 3.22. The van der Waals surface area contributed by atoms with E-state index in [9.17, 15) is 9.59 Å². The quantitative estimate of drug-likeness (QED) is 0.609. The first kappa shape index (κ1) is 9.19. The fourth-order valence-corrected chi connectivity index (χ4v) is 2.99. The van der Waals surface area contributed by atoms with E-state index in [2.05, 4.69) is 0 Å². The van der Waals surface area contributed by atoms with E-state index in [0.717, 1.165) is 45.2 Å². The van der Waals surface area contributed by atoms with Gasteiger partial charge in [0, 0.05) is 19.0 Å². The largest absolute Gasteiger partial charge is 0.340 e. The number of hydrogen-bond donors (Lipinski definition) is 0. The van der Waals surface area contributed by atoms with E-state index in [1.54, 1.807) is 0 Å². The average Bonchev–Trinajstić information content (AvgIpc) is 2.88. The summed E-state index contributed by atoms with van der Waals surface area (Å²) >= 11 is 0. The van der Waals surface area contributed by atoms with E-state index in [-0.39, 0.29) is 0 Å². The topological polar surface area (TPSA) is 40.6 Å². The van der Waals surface area contributed by atoms with Gasteiger partial charge in [0.05, 0.1) is 12.1 Å². The second-order valence-electron chi connectivity index (χ2n) is 4.86. The third kappa shape index (κ3) is 1.34. The predicted molar refractivity (Wildman–Crippen MR) is 54.0 cm³/mol. The third-order valence-corrected chi connectivity index (χ3v) is 3.96. The Hall–Kier alpha value is -1.06. The van der Waals surface area contributed by atoms with Gasteiger partial charge in [-0.1, -0.05) is 0 Å². The van der Waals surface area contributed by atoms with Crippen LogP contribution in [-0.4, -0.2) is 47.3 Å². The Morgan fingerprint density at radius 2 is 1.80 bits per heavy atom. The van der Waals surface area contributed by atoms with Gasteiger partial charge in [-0.05, 0) is 25.7 Å². The summed E-state index contributed by atoms with van der Waals surface area (Å²) in [7, 11) is 0. The van der Waals surface area contributed by atoms with Crippen LogP contribution in [0.1, 0.15) is 25.7 Å². The van der Waals surface area contributed by atoms with Gasteiger partial charge in [-0.25, -0.2) is 0 Å². The first-order valence-electron chi connectivity index (χ1n) is 5.83. The SMILES string of the molecule is O=CN1CCC2C1CCN2C(=O)C1CC1. The molecular formula is C11H16N2O2. The molecule has 4 heteroatoms. The molecule has 1 aliphatic carbocycles. The summed E-state index contributed by atoms with van der Waals surface area (Å²) < 4.78 is 0. The number of hydrogen-bond acceptors (Lipinski definition) is 2. The van der Waals surface area contributed by atoms with Crippen molar-refractivity contribution < 1.29 is 9.59 Å². The van der Waals surface area contributed by atoms with Crippen LogP contribution in [0, 0.1) is 5.92 Å². The number of likely N-dealkylation sites (tertiary alicyclic amines) is 2. The van der Waals surface area contributed by atoms with Crippen LogP contribution >= 0.6 is 0 Å². The number of nitrogens with zero attached hydrogens (tertiary/aromatic N) is 2. The van der Waals surface area contributed by atoms with E-state index in [0.29, 0.717) is 23.9 Å². The highest BCUT2D eigenvalue weighted by Gasteiger charge is 2.46. The lowest BCUT2D eigenvalue weighted by atomic mass is 10.1. The number of rotatable bonds is 2. The van der Waals surface area contributed by atoms with Crippen molar-refractivity contribution in [1.82, 2.24) is 9.80 Å². The van der Waals surface area contributed by atoms with Crippen LogP contribution in [0.4, 0.5) is 0 Å². The Morgan fingerprint density at radius 1 is 1.07 bits per heavy atom. The molecule has 0 bridgehead atoms. The third-order valence-electron chi connectivity index (χ3n) is 3.96. The normalized spacial score (nSPS) is 34.4. The molecule has 2 saturated heterocycles. The molecule has 0 aromatic rings. The summed E-state index contributed by atoms with van der Waals surface area (Å²) in [4.78, 5) is 26.7. The molecule has 4 nitrogen and oxygen atoms in total. The summed E-state index contributed by atoms with van der Waals surface area (Å²) in [5, 5.41) is 0. The van der Waals surface area contributed by atoms with Gasteiger partial charge < -0.3 is 9.80 Å². The molecule has 0 aromatic carbocycles. The molecule has 0 radical (unpaired) electrons. The zero-order valence-electron chi connectivity index (χ0n) is 8.76. The summed E-state index contributed by atoms with van der Waals surface area (Å²) in [5.41, 5.74) is 0. The summed E-state index contributed by atoms with van der Waals surface area (Å²) in [5.74, 6) is 0.657. The maximum absolute atomic E-state index is 12.0. The van der Waals surface area contributed by atoms with Crippen LogP contribution in [0.5, 0.6) is 0 Å². The molecule has 0 aromatic heterocycles. The maximum atomic E-state index is 12.0. The van der Waals surface area contributed by atoms with Crippen LogP contribution in [0.3, 0.4) is 0 Å². The average molecular weight is 208 g/mol. The van der Waals surface area contributed by atoms with Crippen LogP contribution in [0.2, 0.25) is 0 Å². The molecule has 2 heterocycles. The van der Waals surface area contributed by atoms with Crippen LogP contribution in [-0.2, 0) is 9.59 Å². The molecule has 0 spiro atoms. The van der Waals surface area contributed by atoms with E-state index < -0.39 is 0 Å². The van der Waals surface area contributed by atoms with E-state index >= 15 is 0 Å². The summed E-state index contributed by atoms with van der Waals surface area (Å²) in [6.07, 6.45) is 5.04. The molecular weight excluding hydrogens is 192 g/mol. The molecule has 2 aliphatic heterocycles. The van der Waals surface area contributed by atoms with E-state index in [1.165, 1.54) is 0 Å². The van der Waals surface area contributed by atoms with Gasteiger partial charge in [-0.2, -0.15) is 0 Å². The Kier molecular flexibility index (Phi) is 1.97. The zero-order valence-corrected chi connectivity index (χ0v) is 8.76. The molecule has 3 rings (SSSR count). The van der Waals surface area contributed by atoms with Gasteiger partial charge in [0.1, 0.15) is 0 Å². The standard InChI is InChI=1S/C11H16N2O2/c14-7-12-5-3-10-9(12)4-6-13(10)11(15)8-1-2-8/h7-10H,1-6H2. The zero-order chi connectivity index (χ0) is 10.4. The minimum atomic E-state index is 0.310. The van der Waals surface area contributed by atoms with Crippen molar-refractivity contribution in [3.05, 3.63) is 0 Å². The Balaban J connectivity index is 1.73. The number of carbonyl (C=O) groups is 2. The highest BCUT2D eigenvalue weighted by atomic mass is 16.2. The van der Waals surface area contributed by atoms with Crippen LogP contribution < -0.4 is 0 Å². The number of fused-ring (bicyclic) bond motifs is 1. The van der Waals surface area contributed by atoms with Crippen molar-refractivity contribution in [1.29, 1.82) is 0 Å². The van der Waals surface area contributed by atoms with Gasteiger partial charge in [-0.15, -0.1) is 0 Å². The van der Waals surface area contributed by atoms with Crippen molar-refractivity contribution in [3.63, 3.8) is 0 Å². The Bertz CT molecular complexity index is 301. The maximum Gasteiger partial charge on any atom is 0.226 e. The molecule has 2 unspecified atom stereocenters. The van der Waals surface area contributed by atoms with Gasteiger partial charge in [0.25, 0.3) is 0 Å². The van der Waals surface area contributed by atoms with Crippen molar-refractivity contribution in [3.8, 4) is 0 Å². The lowest BCUT2D eigenvalue weighted by Gasteiger charge is -2.24. The fraction of sp³-hybridized carbons (Fsp3) is 0.818. The molecule has 2 amide bonds. The fourth-order valence-electron chi connectivity index (χ4n) is 2.99. The molecule has 3 fully saturated rings. The lowest BCUT2D eigenvalue weighted by Crippen LogP contribution is -2.40. The molecule has 3 aliphatic rings. The molecule has 15 heavy (non-hydrogen) atoms. The van der Waals surface area contributed by atoms with E-state index in [1.807, 2.05) is 9.80 Å². The van der Waals surface area contributed by atoms with Gasteiger partial charge in [0.2, 0.25) is 12.3 Å². The van der Waals surface area contributed by atoms with Gasteiger partial charge in [-0.3, -0.25) is 9.59 Å². The molecule has 82 valence electrons. The van der Waals surface area contributed by atoms with Crippen molar-refractivity contribution >= 4 is 12.3 Å². The summed E-state index contributed by atoms with van der Waals surface area (Å²) in [6.45, 7) is 1.68. The highest BCUT2D eigenvalue weighted by molar-refractivity contribution is 5.81. The monoisotopic (exact) mass is 208 g/mol. The van der Waals surface area contributed by atoms with Crippen molar-refractivity contribution in [2.45, 2.75) is 37.8 Å². The van der Waals surface area contributed by atoms with Crippen molar-refractivity contribution in [2.24, 2.45) is 5.92 Å². The van der Waals surface area contributed by atoms with Crippen LogP contribution in [0.25, 0.3) is 0 Å². The molecule has 1 saturated carbocycles. The van der Waals surface area contributed by atoms with E-state index in [4.69, 9.17) is 0 Å². The molecule has 2 atom stereocenters. The predicted octanol–water partition coefficient (Wildman–Crippen LogP) is 0.228. The Morgan fingerprint density at radius 3 is 2.47 bits per heavy atom. The first-order valence-corrected chi connectivity index (χ1v) is 5.83. The van der Waals surface area contributed by atoms with Gasteiger partial charge in [0.15, 0.2) is 0 Å². The van der Waals surface area contributed by atoms with Crippen molar-refractivity contribution in [2.75, 3.05) is 13.1 Å². The minimum absolute atomic E-state index is 0.310. The summed E-state index contributed by atoms with van der Waals surface area (Å²) in [6, 6.07) is 0.633. The molecule has 0 N–H and O–H groups in total. The highest BCUT2D eigenvalue weighted by Crippen LogP contribution is 2.37.